The van der Waals surface area contributed by atoms with Crippen molar-refractivity contribution in [2.75, 3.05) is 23.9 Å². The molecule has 8 nitrogen and oxygen atoms in total. The normalized spacial score (nSPS) is 17.7. The molecule has 1 fully saturated rings. The molecule has 1 atom stereocenters. The molecule has 228 valence electrons. The van der Waals surface area contributed by atoms with Crippen LogP contribution in [0.5, 0.6) is 5.75 Å². The summed E-state index contributed by atoms with van der Waals surface area (Å²) in [4.78, 5) is 25.2. The summed E-state index contributed by atoms with van der Waals surface area (Å²) >= 11 is 6.15. The van der Waals surface area contributed by atoms with Crippen LogP contribution in [0.3, 0.4) is 0 Å². The Hall–Kier alpha value is -3.77. The molecule has 0 saturated carbocycles. The van der Waals surface area contributed by atoms with E-state index in [4.69, 9.17) is 16.3 Å². The van der Waals surface area contributed by atoms with Crippen LogP contribution < -0.4 is 9.04 Å². The van der Waals surface area contributed by atoms with Gasteiger partial charge in [0.25, 0.3) is 10.0 Å². The van der Waals surface area contributed by atoms with E-state index in [1.807, 2.05) is 0 Å². The molecule has 13 heteroatoms. The molecule has 0 spiro atoms. The summed E-state index contributed by atoms with van der Waals surface area (Å²) in [7, 11) is -4.50. The molecular formula is C30H28ClF3N2O6S. The van der Waals surface area contributed by atoms with Crippen LogP contribution in [0.2, 0.25) is 5.02 Å². The average Bonchev–Trinajstić information content (AvgIpc) is 2.98. The SMILES string of the molecule is O=C(O)C1CCN(C(=O)CC[C@H]2CN(S(=O)(=O)c3cccc(C(F)(F)F)c3)c3cc(-c4cccc(Cl)c4)ccc3O2)CC1. The van der Waals surface area contributed by atoms with Crippen molar-refractivity contribution in [2.24, 2.45) is 5.92 Å². The number of carbonyl (C=O) groups excluding carboxylic acids is 1. The quantitative estimate of drug-likeness (QED) is 0.337. The van der Waals surface area contributed by atoms with Crippen LogP contribution in [0.25, 0.3) is 11.1 Å². The van der Waals surface area contributed by atoms with Gasteiger partial charge in [-0.2, -0.15) is 13.2 Å². The first kappa shape index (κ1) is 30.7. The van der Waals surface area contributed by atoms with E-state index in [0.717, 1.165) is 22.5 Å². The van der Waals surface area contributed by atoms with E-state index in [9.17, 15) is 36.3 Å². The topological polar surface area (TPSA) is 104 Å². The number of hydrogen-bond donors (Lipinski definition) is 1. The van der Waals surface area contributed by atoms with Crippen LogP contribution in [0, 0.1) is 5.92 Å². The number of rotatable bonds is 7. The molecule has 0 bridgehead atoms. The van der Waals surface area contributed by atoms with E-state index < -0.39 is 44.6 Å². The van der Waals surface area contributed by atoms with Crippen molar-refractivity contribution >= 4 is 39.2 Å². The Labute approximate surface area is 251 Å². The predicted octanol–water partition coefficient (Wildman–Crippen LogP) is 6.09. The van der Waals surface area contributed by atoms with Crippen LogP contribution in [-0.2, 0) is 25.8 Å². The summed E-state index contributed by atoms with van der Waals surface area (Å²) in [6, 6.07) is 15.4. The molecule has 3 aromatic carbocycles. The minimum atomic E-state index is -4.74. The number of likely N-dealkylation sites (tertiary alicyclic amines) is 1. The first-order chi connectivity index (χ1) is 20.3. The molecule has 43 heavy (non-hydrogen) atoms. The van der Waals surface area contributed by atoms with E-state index in [1.54, 1.807) is 47.4 Å². The Bertz CT molecular complexity index is 1640. The molecule has 3 aromatic rings. The zero-order valence-electron chi connectivity index (χ0n) is 22.8. The second kappa shape index (κ2) is 12.1. The number of halogens is 4. The lowest BCUT2D eigenvalue weighted by Gasteiger charge is -2.36. The van der Waals surface area contributed by atoms with Gasteiger partial charge in [0.1, 0.15) is 11.9 Å². The van der Waals surface area contributed by atoms with Crippen LogP contribution in [-0.4, -0.2) is 56.0 Å². The van der Waals surface area contributed by atoms with Gasteiger partial charge in [0.05, 0.1) is 28.6 Å². The van der Waals surface area contributed by atoms with Crippen molar-refractivity contribution in [1.82, 2.24) is 4.90 Å². The van der Waals surface area contributed by atoms with Gasteiger partial charge in [-0.25, -0.2) is 8.42 Å². The summed E-state index contributed by atoms with van der Waals surface area (Å²) in [5.74, 6) is -1.38. The minimum Gasteiger partial charge on any atom is -0.486 e. The Balaban J connectivity index is 1.43. The lowest BCUT2D eigenvalue weighted by molar-refractivity contribution is -0.145. The molecule has 5 rings (SSSR count). The van der Waals surface area contributed by atoms with E-state index >= 15 is 0 Å². The number of fused-ring (bicyclic) bond motifs is 1. The van der Waals surface area contributed by atoms with Crippen molar-refractivity contribution < 1.29 is 41.0 Å². The monoisotopic (exact) mass is 636 g/mol. The molecule has 1 amide bonds. The fourth-order valence-electron chi connectivity index (χ4n) is 5.32. The summed E-state index contributed by atoms with van der Waals surface area (Å²) in [5, 5.41) is 9.67. The average molecular weight is 637 g/mol. The lowest BCUT2D eigenvalue weighted by Crippen LogP contribution is -2.44. The number of carboxylic acid groups (broad SMARTS) is 1. The number of alkyl halides is 3. The number of ether oxygens (including phenoxy) is 1. The van der Waals surface area contributed by atoms with Crippen molar-refractivity contribution in [1.29, 1.82) is 0 Å². The third-order valence-corrected chi connectivity index (χ3v) is 9.69. The smallest absolute Gasteiger partial charge is 0.416 e. The van der Waals surface area contributed by atoms with Gasteiger partial charge >= 0.3 is 12.1 Å². The van der Waals surface area contributed by atoms with Crippen LogP contribution in [0.4, 0.5) is 18.9 Å². The molecule has 1 saturated heterocycles. The Morgan fingerprint density at radius 2 is 1.67 bits per heavy atom. The van der Waals surface area contributed by atoms with Gasteiger partial charge in [0.15, 0.2) is 0 Å². The maximum atomic E-state index is 13.9. The maximum absolute atomic E-state index is 13.9. The third kappa shape index (κ3) is 6.75. The van der Waals surface area contributed by atoms with Gasteiger partial charge in [-0.3, -0.25) is 13.9 Å². The number of sulfonamides is 1. The van der Waals surface area contributed by atoms with Crippen molar-refractivity contribution in [3.05, 3.63) is 77.3 Å². The number of aliphatic carboxylic acids is 1. The Morgan fingerprint density at radius 1 is 0.977 bits per heavy atom. The summed E-state index contributed by atoms with van der Waals surface area (Å²) in [6.45, 7) is 0.387. The Morgan fingerprint density at radius 3 is 2.35 bits per heavy atom. The number of nitrogens with zero attached hydrogens (tertiary/aromatic N) is 2. The van der Waals surface area contributed by atoms with Gasteiger partial charge in [-0.05, 0) is 72.9 Å². The second-order valence-electron chi connectivity index (χ2n) is 10.5. The summed E-state index contributed by atoms with van der Waals surface area (Å²) < 4.78 is 75.3. The van der Waals surface area contributed by atoms with Crippen LogP contribution in [0.1, 0.15) is 31.2 Å². The molecule has 1 N–H and O–H groups in total. The highest BCUT2D eigenvalue weighted by Crippen LogP contribution is 2.41. The van der Waals surface area contributed by atoms with Gasteiger partial charge in [0.2, 0.25) is 5.91 Å². The number of benzene rings is 3. The zero-order chi connectivity index (χ0) is 30.9. The summed E-state index contributed by atoms with van der Waals surface area (Å²) in [5.41, 5.74) is 0.371. The van der Waals surface area contributed by atoms with Crippen LogP contribution >= 0.6 is 11.6 Å². The minimum absolute atomic E-state index is 0.0236. The van der Waals surface area contributed by atoms with Gasteiger partial charge in [-0.1, -0.05) is 35.9 Å². The number of anilines is 1. The van der Waals surface area contributed by atoms with Crippen molar-refractivity contribution in [3.8, 4) is 16.9 Å². The summed E-state index contributed by atoms with van der Waals surface area (Å²) in [6.07, 6.45) is -4.64. The predicted molar refractivity (Wildman–Crippen MR) is 153 cm³/mol. The largest absolute Gasteiger partial charge is 0.486 e. The van der Waals surface area contributed by atoms with Crippen LogP contribution in [0.15, 0.2) is 71.6 Å². The number of carbonyl (C=O) groups is 2. The Kier molecular flexibility index (Phi) is 8.62. The second-order valence-corrected chi connectivity index (χ2v) is 12.8. The van der Waals surface area contributed by atoms with E-state index in [-0.39, 0.29) is 36.7 Å². The molecule has 2 aliphatic rings. The fraction of sp³-hybridized carbons (Fsp3) is 0.333. The molecule has 2 aliphatic heterocycles. The third-order valence-electron chi connectivity index (χ3n) is 7.68. The fourth-order valence-corrected chi connectivity index (χ4v) is 7.05. The molecule has 0 aromatic heterocycles. The number of amides is 1. The number of piperidine rings is 1. The molecule has 0 aliphatic carbocycles. The lowest BCUT2D eigenvalue weighted by atomic mass is 9.97. The highest BCUT2D eigenvalue weighted by molar-refractivity contribution is 7.92. The first-order valence-corrected chi connectivity index (χ1v) is 15.4. The van der Waals surface area contributed by atoms with Crippen molar-refractivity contribution in [3.63, 3.8) is 0 Å². The van der Waals surface area contributed by atoms with E-state index in [2.05, 4.69) is 0 Å². The molecule has 0 unspecified atom stereocenters. The highest BCUT2D eigenvalue weighted by atomic mass is 35.5. The van der Waals surface area contributed by atoms with Gasteiger partial charge < -0.3 is 14.7 Å². The van der Waals surface area contributed by atoms with Crippen molar-refractivity contribution in [2.45, 2.75) is 42.9 Å². The number of hydrogen-bond acceptors (Lipinski definition) is 5. The first-order valence-electron chi connectivity index (χ1n) is 13.6. The number of carboxylic acids is 1. The standard InChI is InChI=1S/C30H28ClF3N2O6S/c31-23-5-1-3-20(15-23)21-7-9-27-26(16-21)36(43(40,41)25-6-2-4-22(17-25)30(32,33)34)18-24(42-27)8-10-28(37)35-13-11-19(12-14-35)29(38)39/h1-7,9,15-17,19,24H,8,10-14,18H2,(H,38,39)/t24-/m0/s1. The molecule has 2 heterocycles. The zero-order valence-corrected chi connectivity index (χ0v) is 24.3. The maximum Gasteiger partial charge on any atom is 0.416 e. The van der Waals surface area contributed by atoms with Gasteiger partial charge in [-0.15, -0.1) is 0 Å². The molecule has 0 radical (unpaired) electrons. The van der Waals surface area contributed by atoms with E-state index in [1.165, 1.54) is 0 Å². The van der Waals surface area contributed by atoms with Gasteiger partial charge in [0, 0.05) is 24.5 Å². The molecular weight excluding hydrogens is 609 g/mol. The van der Waals surface area contributed by atoms with E-state index in [0.29, 0.717) is 48.1 Å². The highest BCUT2D eigenvalue weighted by Gasteiger charge is 2.37.